The fraction of sp³-hybridized carbons (Fsp3) is 0. The normalized spacial score (nSPS) is 11.0. The molecule has 5 heteroatoms. The van der Waals surface area contributed by atoms with E-state index in [-0.39, 0.29) is 0 Å². The Morgan fingerprint density at radius 2 is 1.87 bits per heavy atom. The van der Waals surface area contributed by atoms with E-state index in [0.29, 0.717) is 15.6 Å². The number of nitrogens with zero attached hydrogens (tertiary/aromatic N) is 2. The van der Waals surface area contributed by atoms with Gasteiger partial charge in [-0.05, 0) is 12.1 Å². The molecule has 3 nitrogen and oxygen atoms in total. The number of hydrogen-bond donors (Lipinski definition) is 1. The predicted molar refractivity (Wildman–Crippen MR) is 96.2 cm³/mol. The Kier molecular flexibility index (Phi) is 4.72. The second-order valence-electron chi connectivity index (χ2n) is 4.70. The van der Waals surface area contributed by atoms with Crippen molar-refractivity contribution in [1.82, 2.24) is 4.98 Å². The van der Waals surface area contributed by atoms with Crippen molar-refractivity contribution in [2.24, 2.45) is 0 Å². The third-order valence-electron chi connectivity index (χ3n) is 3.17. The van der Waals surface area contributed by atoms with Gasteiger partial charge in [0, 0.05) is 17.1 Å². The number of aromatic nitrogens is 1. The highest BCUT2D eigenvalue weighted by Gasteiger charge is 2.09. The van der Waals surface area contributed by atoms with E-state index < -0.39 is 0 Å². The Morgan fingerprint density at radius 3 is 2.61 bits per heavy atom. The summed E-state index contributed by atoms with van der Waals surface area (Å²) in [7, 11) is 0. The van der Waals surface area contributed by atoms with Crippen molar-refractivity contribution in [1.29, 1.82) is 5.26 Å². The molecule has 1 aromatic heterocycles. The van der Waals surface area contributed by atoms with Crippen LogP contribution in [0.4, 0.5) is 5.69 Å². The van der Waals surface area contributed by atoms with Crippen LogP contribution in [0.5, 0.6) is 0 Å². The monoisotopic (exact) mass is 337 g/mol. The number of thiazole rings is 1. The van der Waals surface area contributed by atoms with Crippen molar-refractivity contribution in [2.75, 3.05) is 5.32 Å². The van der Waals surface area contributed by atoms with Crippen LogP contribution in [0.25, 0.3) is 16.8 Å². The van der Waals surface area contributed by atoms with Crippen molar-refractivity contribution in [3.05, 3.63) is 76.2 Å². The molecule has 1 N–H and O–H groups in total. The lowest BCUT2D eigenvalue weighted by Crippen LogP contribution is -1.91. The zero-order chi connectivity index (χ0) is 16.1. The van der Waals surface area contributed by atoms with Crippen LogP contribution in [0.1, 0.15) is 5.01 Å². The summed E-state index contributed by atoms with van der Waals surface area (Å²) in [6.07, 6.45) is 1.63. The first-order valence-electron chi connectivity index (χ1n) is 6.90. The summed E-state index contributed by atoms with van der Waals surface area (Å²) >= 11 is 7.53. The molecule has 0 amide bonds. The zero-order valence-corrected chi connectivity index (χ0v) is 13.6. The first-order valence-corrected chi connectivity index (χ1v) is 8.16. The number of halogens is 1. The molecule has 0 saturated heterocycles. The number of hydrogen-bond acceptors (Lipinski definition) is 4. The lowest BCUT2D eigenvalue weighted by molar-refractivity contribution is 1.36. The summed E-state index contributed by atoms with van der Waals surface area (Å²) in [6, 6.07) is 19.4. The molecule has 0 fully saturated rings. The molecule has 3 rings (SSSR count). The average molecular weight is 338 g/mol. The molecule has 0 unspecified atom stereocenters. The molecular formula is C18H12ClN3S. The van der Waals surface area contributed by atoms with Gasteiger partial charge in [0.05, 0.1) is 16.4 Å². The van der Waals surface area contributed by atoms with Crippen LogP contribution in [0.3, 0.4) is 0 Å². The van der Waals surface area contributed by atoms with E-state index in [4.69, 9.17) is 11.6 Å². The minimum Gasteiger partial charge on any atom is -0.359 e. The molecule has 0 bridgehead atoms. The Bertz CT molecular complexity index is 879. The molecule has 0 saturated carbocycles. The van der Waals surface area contributed by atoms with Crippen LogP contribution in [0, 0.1) is 11.3 Å². The Morgan fingerprint density at radius 1 is 1.13 bits per heavy atom. The predicted octanol–water partition coefficient (Wildman–Crippen LogP) is 5.44. The fourth-order valence-corrected chi connectivity index (χ4v) is 2.99. The van der Waals surface area contributed by atoms with Gasteiger partial charge in [0.2, 0.25) is 0 Å². The fourth-order valence-electron chi connectivity index (χ4n) is 2.01. The lowest BCUT2D eigenvalue weighted by Gasteiger charge is -2.03. The number of nitrogens with one attached hydrogen (secondary N) is 1. The van der Waals surface area contributed by atoms with Gasteiger partial charge in [-0.3, -0.25) is 0 Å². The molecule has 0 aliphatic rings. The standard InChI is InChI=1S/C18H12ClN3S/c19-15-8-4-5-9-16(15)21-11-14(10-20)18-22-17(12-23-18)13-6-2-1-3-7-13/h1-9,11-12,21H. The number of anilines is 1. The molecule has 23 heavy (non-hydrogen) atoms. The van der Waals surface area contributed by atoms with Crippen molar-refractivity contribution in [3.8, 4) is 17.3 Å². The molecule has 2 aromatic carbocycles. The van der Waals surface area contributed by atoms with Gasteiger partial charge < -0.3 is 5.32 Å². The molecule has 0 aliphatic heterocycles. The van der Waals surface area contributed by atoms with Gasteiger partial charge in [0.1, 0.15) is 16.6 Å². The van der Waals surface area contributed by atoms with Crippen LogP contribution >= 0.6 is 22.9 Å². The van der Waals surface area contributed by atoms with E-state index in [1.807, 2.05) is 53.9 Å². The lowest BCUT2D eigenvalue weighted by atomic mass is 10.2. The molecule has 0 atom stereocenters. The maximum atomic E-state index is 9.38. The number of allylic oxidation sites excluding steroid dienone is 1. The van der Waals surface area contributed by atoms with Crippen molar-refractivity contribution in [2.45, 2.75) is 0 Å². The SMILES string of the molecule is N#CC(=CNc1ccccc1Cl)c1nc(-c2ccccc2)cs1. The van der Waals surface area contributed by atoms with Crippen molar-refractivity contribution >= 4 is 34.2 Å². The van der Waals surface area contributed by atoms with Gasteiger partial charge in [-0.1, -0.05) is 54.1 Å². The first-order chi connectivity index (χ1) is 11.3. The van der Waals surface area contributed by atoms with Gasteiger partial charge >= 0.3 is 0 Å². The van der Waals surface area contributed by atoms with E-state index in [9.17, 15) is 5.26 Å². The topological polar surface area (TPSA) is 48.7 Å². The largest absolute Gasteiger partial charge is 0.359 e. The molecule has 0 aliphatic carbocycles. The third-order valence-corrected chi connectivity index (χ3v) is 4.38. The van der Waals surface area contributed by atoms with E-state index in [1.165, 1.54) is 11.3 Å². The second kappa shape index (κ2) is 7.10. The molecule has 3 aromatic rings. The Balaban J connectivity index is 1.85. The molecule has 0 spiro atoms. The molecule has 112 valence electrons. The third kappa shape index (κ3) is 3.59. The van der Waals surface area contributed by atoms with E-state index >= 15 is 0 Å². The van der Waals surface area contributed by atoms with Gasteiger partial charge in [0.15, 0.2) is 0 Å². The maximum Gasteiger partial charge on any atom is 0.136 e. The van der Waals surface area contributed by atoms with E-state index in [2.05, 4.69) is 16.4 Å². The van der Waals surface area contributed by atoms with Crippen LogP contribution < -0.4 is 5.32 Å². The summed E-state index contributed by atoms with van der Waals surface area (Å²) in [5.41, 5.74) is 3.12. The zero-order valence-electron chi connectivity index (χ0n) is 12.0. The van der Waals surface area contributed by atoms with Gasteiger partial charge in [-0.15, -0.1) is 11.3 Å². The van der Waals surface area contributed by atoms with E-state index in [0.717, 1.165) is 16.9 Å². The van der Waals surface area contributed by atoms with Gasteiger partial charge in [0.25, 0.3) is 0 Å². The van der Waals surface area contributed by atoms with Crippen molar-refractivity contribution in [3.63, 3.8) is 0 Å². The number of rotatable bonds is 4. The van der Waals surface area contributed by atoms with Gasteiger partial charge in [-0.2, -0.15) is 5.26 Å². The molecule has 1 heterocycles. The highest BCUT2D eigenvalue weighted by Crippen LogP contribution is 2.26. The maximum absolute atomic E-state index is 9.38. The summed E-state index contributed by atoms with van der Waals surface area (Å²) in [5, 5.41) is 15.7. The second-order valence-corrected chi connectivity index (χ2v) is 5.96. The number of para-hydroxylation sites is 1. The molecule has 0 radical (unpaired) electrons. The average Bonchev–Trinajstić information content (AvgIpc) is 3.08. The van der Waals surface area contributed by atoms with E-state index in [1.54, 1.807) is 12.3 Å². The summed E-state index contributed by atoms with van der Waals surface area (Å²) in [6.45, 7) is 0. The summed E-state index contributed by atoms with van der Waals surface area (Å²) in [4.78, 5) is 4.54. The van der Waals surface area contributed by atoms with Crippen LogP contribution in [-0.4, -0.2) is 4.98 Å². The van der Waals surface area contributed by atoms with Crippen molar-refractivity contribution < 1.29 is 0 Å². The summed E-state index contributed by atoms with van der Waals surface area (Å²) < 4.78 is 0. The highest BCUT2D eigenvalue weighted by molar-refractivity contribution is 7.11. The Labute approximate surface area is 143 Å². The quantitative estimate of drug-likeness (QED) is 0.645. The Hall–Kier alpha value is -2.61. The highest BCUT2D eigenvalue weighted by atomic mass is 35.5. The van der Waals surface area contributed by atoms with Crippen LogP contribution in [0.2, 0.25) is 5.02 Å². The summed E-state index contributed by atoms with van der Waals surface area (Å²) in [5.74, 6) is 0. The number of nitriles is 1. The van der Waals surface area contributed by atoms with Crippen LogP contribution in [-0.2, 0) is 0 Å². The molecular weight excluding hydrogens is 326 g/mol. The minimum atomic E-state index is 0.470. The first kappa shape index (κ1) is 15.3. The minimum absolute atomic E-state index is 0.470. The smallest absolute Gasteiger partial charge is 0.136 e. The van der Waals surface area contributed by atoms with Gasteiger partial charge in [-0.25, -0.2) is 4.98 Å². The number of benzene rings is 2. The van der Waals surface area contributed by atoms with Crippen LogP contribution in [0.15, 0.2) is 66.2 Å².